The van der Waals surface area contributed by atoms with Crippen molar-refractivity contribution in [3.05, 3.63) is 35.4 Å². The highest BCUT2D eigenvalue weighted by molar-refractivity contribution is 6.02. The Balaban J connectivity index is 3.15. The Morgan fingerprint density at radius 3 is 2.73 bits per heavy atom. The van der Waals surface area contributed by atoms with E-state index in [1.54, 1.807) is 6.92 Å². The molecule has 1 N–H and O–H groups in total. The molecule has 0 radical (unpaired) electrons. The van der Waals surface area contributed by atoms with Crippen LogP contribution in [0, 0.1) is 11.8 Å². The minimum atomic E-state index is 0.704. The van der Waals surface area contributed by atoms with E-state index in [1.807, 2.05) is 24.3 Å². The number of oxime groups is 1. The Labute approximate surface area is 90.6 Å². The lowest BCUT2D eigenvalue weighted by Gasteiger charge is -2.05. The van der Waals surface area contributed by atoms with E-state index in [1.165, 1.54) is 0 Å². The largest absolute Gasteiger partial charge is 0.411 e. The second-order valence-corrected chi connectivity index (χ2v) is 3.22. The van der Waals surface area contributed by atoms with Gasteiger partial charge in [0.25, 0.3) is 0 Å². The SMILES string of the molecule is CC#Cc1ccccc1/C(CCC)=N\O. The number of hydrogen-bond donors (Lipinski definition) is 1. The van der Waals surface area contributed by atoms with Gasteiger partial charge in [0.05, 0.1) is 5.71 Å². The zero-order chi connectivity index (χ0) is 11.1. The summed E-state index contributed by atoms with van der Waals surface area (Å²) in [4.78, 5) is 0. The molecule has 0 aliphatic carbocycles. The van der Waals surface area contributed by atoms with Crippen molar-refractivity contribution in [3.8, 4) is 11.8 Å². The Kier molecular flexibility index (Phi) is 4.43. The maximum Gasteiger partial charge on any atom is 0.0880 e. The molecule has 0 fully saturated rings. The van der Waals surface area contributed by atoms with Gasteiger partial charge in [-0.15, -0.1) is 5.92 Å². The van der Waals surface area contributed by atoms with Crippen molar-refractivity contribution in [3.63, 3.8) is 0 Å². The third-order valence-electron chi connectivity index (χ3n) is 2.11. The van der Waals surface area contributed by atoms with Crippen molar-refractivity contribution < 1.29 is 5.21 Å². The summed E-state index contributed by atoms with van der Waals surface area (Å²) in [6.45, 7) is 3.85. The van der Waals surface area contributed by atoms with Gasteiger partial charge in [-0.3, -0.25) is 0 Å². The summed E-state index contributed by atoms with van der Waals surface area (Å²) >= 11 is 0. The molecular weight excluding hydrogens is 186 g/mol. The minimum absolute atomic E-state index is 0.704. The molecule has 1 aromatic carbocycles. The molecule has 0 atom stereocenters. The van der Waals surface area contributed by atoms with Crippen molar-refractivity contribution in [1.29, 1.82) is 0 Å². The highest BCUT2D eigenvalue weighted by Crippen LogP contribution is 2.12. The third-order valence-corrected chi connectivity index (χ3v) is 2.11. The van der Waals surface area contributed by atoms with Gasteiger partial charge in [0, 0.05) is 11.1 Å². The smallest absolute Gasteiger partial charge is 0.0880 e. The molecule has 0 heterocycles. The van der Waals surface area contributed by atoms with E-state index in [0.29, 0.717) is 5.71 Å². The highest BCUT2D eigenvalue weighted by atomic mass is 16.4. The van der Waals surface area contributed by atoms with Crippen LogP contribution >= 0.6 is 0 Å². The molecule has 2 heteroatoms. The van der Waals surface area contributed by atoms with Gasteiger partial charge >= 0.3 is 0 Å². The van der Waals surface area contributed by atoms with Crippen molar-refractivity contribution in [2.75, 3.05) is 0 Å². The molecule has 0 aliphatic heterocycles. The molecule has 0 aromatic heterocycles. The average Bonchev–Trinajstić information content (AvgIpc) is 2.27. The minimum Gasteiger partial charge on any atom is -0.411 e. The van der Waals surface area contributed by atoms with Crippen LogP contribution in [0.15, 0.2) is 29.4 Å². The maximum atomic E-state index is 8.94. The molecule has 0 unspecified atom stereocenters. The number of nitrogens with zero attached hydrogens (tertiary/aromatic N) is 1. The summed E-state index contributed by atoms with van der Waals surface area (Å²) in [6.07, 6.45) is 1.71. The molecular formula is C13H15NO. The first-order valence-electron chi connectivity index (χ1n) is 5.06. The molecule has 0 saturated heterocycles. The fourth-order valence-electron chi connectivity index (χ4n) is 1.45. The van der Waals surface area contributed by atoms with Gasteiger partial charge in [0.2, 0.25) is 0 Å². The summed E-state index contributed by atoms with van der Waals surface area (Å²) in [5, 5.41) is 12.3. The van der Waals surface area contributed by atoms with Gasteiger partial charge in [-0.05, 0) is 19.4 Å². The second-order valence-electron chi connectivity index (χ2n) is 3.22. The van der Waals surface area contributed by atoms with Crippen LogP contribution in [-0.4, -0.2) is 10.9 Å². The monoisotopic (exact) mass is 201 g/mol. The maximum absolute atomic E-state index is 8.94. The van der Waals surface area contributed by atoms with Crippen LogP contribution in [0.2, 0.25) is 0 Å². The zero-order valence-electron chi connectivity index (χ0n) is 9.12. The predicted octanol–water partition coefficient (Wildman–Crippen LogP) is 3.04. The van der Waals surface area contributed by atoms with E-state index in [4.69, 9.17) is 5.21 Å². The first-order chi connectivity index (χ1) is 7.33. The Morgan fingerprint density at radius 1 is 1.40 bits per heavy atom. The molecule has 2 nitrogen and oxygen atoms in total. The second kappa shape index (κ2) is 5.87. The predicted molar refractivity (Wildman–Crippen MR) is 62.2 cm³/mol. The Bertz CT molecular complexity index is 410. The first-order valence-corrected chi connectivity index (χ1v) is 5.06. The fourth-order valence-corrected chi connectivity index (χ4v) is 1.45. The van der Waals surface area contributed by atoms with E-state index < -0.39 is 0 Å². The standard InChI is InChI=1S/C13H15NO/c1-3-7-11-9-5-6-10-12(11)13(14-15)8-4-2/h5-6,9-10,15H,4,8H2,1-2H3/b14-13-. The van der Waals surface area contributed by atoms with Gasteiger partial charge in [-0.2, -0.15) is 0 Å². The first kappa shape index (κ1) is 11.3. The van der Waals surface area contributed by atoms with Crippen LogP contribution in [0.25, 0.3) is 0 Å². The molecule has 15 heavy (non-hydrogen) atoms. The molecule has 0 spiro atoms. The Morgan fingerprint density at radius 2 is 2.13 bits per heavy atom. The van der Waals surface area contributed by atoms with Crippen molar-refractivity contribution in [2.45, 2.75) is 26.7 Å². The molecule has 1 rings (SSSR count). The van der Waals surface area contributed by atoms with Crippen molar-refractivity contribution in [2.24, 2.45) is 5.16 Å². The summed E-state index contributed by atoms with van der Waals surface area (Å²) in [6, 6.07) is 7.73. The lowest BCUT2D eigenvalue weighted by molar-refractivity contribution is 0.318. The van der Waals surface area contributed by atoms with Crippen LogP contribution in [0.1, 0.15) is 37.8 Å². The molecule has 0 saturated carbocycles. The summed E-state index contributed by atoms with van der Waals surface area (Å²) in [7, 11) is 0. The lowest BCUT2D eigenvalue weighted by atomic mass is 10.0. The highest BCUT2D eigenvalue weighted by Gasteiger charge is 2.06. The van der Waals surface area contributed by atoms with Crippen molar-refractivity contribution >= 4 is 5.71 Å². The van der Waals surface area contributed by atoms with E-state index >= 15 is 0 Å². The van der Waals surface area contributed by atoms with Gasteiger partial charge in [0.15, 0.2) is 0 Å². The average molecular weight is 201 g/mol. The Hall–Kier alpha value is -1.75. The number of benzene rings is 1. The van der Waals surface area contributed by atoms with Crippen LogP contribution < -0.4 is 0 Å². The van der Waals surface area contributed by atoms with Crippen LogP contribution in [0.5, 0.6) is 0 Å². The van der Waals surface area contributed by atoms with Gasteiger partial charge in [-0.1, -0.05) is 42.6 Å². The van der Waals surface area contributed by atoms with E-state index in [-0.39, 0.29) is 0 Å². The van der Waals surface area contributed by atoms with Gasteiger partial charge in [-0.25, -0.2) is 0 Å². The number of hydrogen-bond acceptors (Lipinski definition) is 2. The summed E-state index contributed by atoms with van der Waals surface area (Å²) in [5.41, 5.74) is 2.55. The van der Waals surface area contributed by atoms with Gasteiger partial charge < -0.3 is 5.21 Å². The fraction of sp³-hybridized carbons (Fsp3) is 0.308. The van der Waals surface area contributed by atoms with Crippen LogP contribution in [-0.2, 0) is 0 Å². The van der Waals surface area contributed by atoms with Crippen molar-refractivity contribution in [1.82, 2.24) is 0 Å². The molecule has 0 amide bonds. The van der Waals surface area contributed by atoms with E-state index in [9.17, 15) is 0 Å². The third kappa shape index (κ3) is 2.85. The van der Waals surface area contributed by atoms with Crippen LogP contribution in [0.3, 0.4) is 0 Å². The normalized spacial score (nSPS) is 10.7. The molecule has 0 aliphatic rings. The molecule has 78 valence electrons. The van der Waals surface area contributed by atoms with E-state index in [0.717, 1.165) is 24.0 Å². The molecule has 1 aromatic rings. The lowest BCUT2D eigenvalue weighted by Crippen LogP contribution is -2.03. The topological polar surface area (TPSA) is 32.6 Å². The summed E-state index contributed by atoms with van der Waals surface area (Å²) < 4.78 is 0. The summed E-state index contributed by atoms with van der Waals surface area (Å²) in [5.74, 6) is 5.87. The molecule has 0 bridgehead atoms. The van der Waals surface area contributed by atoms with Gasteiger partial charge in [0.1, 0.15) is 0 Å². The van der Waals surface area contributed by atoms with E-state index in [2.05, 4.69) is 23.9 Å². The zero-order valence-corrected chi connectivity index (χ0v) is 9.12. The quantitative estimate of drug-likeness (QED) is 0.346. The number of rotatable bonds is 3. The van der Waals surface area contributed by atoms with Crippen LogP contribution in [0.4, 0.5) is 0 Å².